The third-order valence-corrected chi connectivity index (χ3v) is 5.14. The van der Waals surface area contributed by atoms with E-state index in [0.29, 0.717) is 12.2 Å². The van der Waals surface area contributed by atoms with Crippen molar-refractivity contribution >= 4 is 11.9 Å². The van der Waals surface area contributed by atoms with Crippen LogP contribution >= 0.6 is 0 Å². The lowest BCUT2D eigenvalue weighted by molar-refractivity contribution is -0.153. The molecule has 0 aromatic heterocycles. The number of ether oxygens (including phenoxy) is 3. The molecule has 1 atom stereocenters. The van der Waals surface area contributed by atoms with E-state index in [1.54, 1.807) is 12.1 Å². The van der Waals surface area contributed by atoms with Crippen LogP contribution in [0.1, 0.15) is 76.1 Å². The normalized spacial score (nSPS) is 11.6. The van der Waals surface area contributed by atoms with Crippen LogP contribution in [0.25, 0.3) is 11.1 Å². The third-order valence-electron chi connectivity index (χ3n) is 5.14. The minimum absolute atomic E-state index is 0.318. The van der Waals surface area contributed by atoms with E-state index < -0.39 is 18.0 Å². The number of unbranched alkanes of at least 4 members (excludes halogenated alkanes) is 5. The van der Waals surface area contributed by atoms with Gasteiger partial charge in [0.25, 0.3) is 0 Å². The quantitative estimate of drug-likeness (QED) is 0.245. The van der Waals surface area contributed by atoms with E-state index in [2.05, 4.69) is 6.92 Å². The smallest absolute Gasteiger partial charge is 0.347 e. The fourth-order valence-corrected chi connectivity index (χ4v) is 3.21. The van der Waals surface area contributed by atoms with Crippen LogP contribution in [0.4, 0.5) is 0 Å². The Kier molecular flexibility index (Phi) is 11.4. The highest BCUT2D eigenvalue weighted by atomic mass is 16.6. The fourth-order valence-electron chi connectivity index (χ4n) is 3.21. The van der Waals surface area contributed by atoms with Gasteiger partial charge in [-0.3, -0.25) is 0 Å². The summed E-state index contributed by atoms with van der Waals surface area (Å²) in [5, 5.41) is 0. The molecule has 0 saturated heterocycles. The Morgan fingerprint density at radius 3 is 1.97 bits per heavy atom. The van der Waals surface area contributed by atoms with Crippen molar-refractivity contribution in [3.63, 3.8) is 0 Å². The summed E-state index contributed by atoms with van der Waals surface area (Å²) in [5.74, 6) is -0.210. The molecule has 5 heteroatoms. The molecular formula is C27H36O5. The Morgan fingerprint density at radius 2 is 1.34 bits per heavy atom. The van der Waals surface area contributed by atoms with Crippen LogP contribution in [0.2, 0.25) is 0 Å². The van der Waals surface area contributed by atoms with Crippen molar-refractivity contribution in [1.29, 1.82) is 0 Å². The molecule has 0 amide bonds. The first kappa shape index (κ1) is 25.4. The highest BCUT2D eigenvalue weighted by molar-refractivity contribution is 5.92. The van der Waals surface area contributed by atoms with Crippen molar-refractivity contribution in [3.05, 3.63) is 54.1 Å². The number of hydrogen-bond donors (Lipinski definition) is 0. The number of carbonyl (C=O) groups excluding carboxylic acids is 2. The van der Waals surface area contributed by atoms with Gasteiger partial charge in [-0.1, -0.05) is 70.2 Å². The molecule has 32 heavy (non-hydrogen) atoms. The maximum absolute atomic E-state index is 12.3. The monoisotopic (exact) mass is 440 g/mol. The van der Waals surface area contributed by atoms with Gasteiger partial charge in [-0.05, 0) is 55.2 Å². The van der Waals surface area contributed by atoms with Crippen LogP contribution in [0.15, 0.2) is 48.5 Å². The molecule has 0 radical (unpaired) electrons. The van der Waals surface area contributed by atoms with E-state index in [1.807, 2.05) is 43.3 Å². The minimum atomic E-state index is -0.933. The summed E-state index contributed by atoms with van der Waals surface area (Å²) in [6, 6.07) is 15.1. The van der Waals surface area contributed by atoms with Crippen LogP contribution in [0.5, 0.6) is 5.75 Å². The highest BCUT2D eigenvalue weighted by Crippen LogP contribution is 2.23. The molecule has 2 rings (SSSR count). The minimum Gasteiger partial charge on any atom is -0.494 e. The zero-order valence-corrected chi connectivity index (χ0v) is 19.6. The first-order valence-corrected chi connectivity index (χ1v) is 11.8. The van der Waals surface area contributed by atoms with Crippen LogP contribution in [-0.4, -0.2) is 31.3 Å². The van der Waals surface area contributed by atoms with Gasteiger partial charge in [0.05, 0.1) is 18.8 Å². The van der Waals surface area contributed by atoms with E-state index in [1.165, 1.54) is 39.0 Å². The summed E-state index contributed by atoms with van der Waals surface area (Å²) in [7, 11) is 0. The van der Waals surface area contributed by atoms with Crippen molar-refractivity contribution in [2.24, 2.45) is 0 Å². The zero-order chi connectivity index (χ0) is 23.2. The number of carbonyl (C=O) groups is 2. The molecule has 0 aliphatic carbocycles. The van der Waals surface area contributed by atoms with Gasteiger partial charge in [0, 0.05) is 0 Å². The molecule has 2 aromatic rings. The molecule has 5 nitrogen and oxygen atoms in total. The summed E-state index contributed by atoms with van der Waals surface area (Å²) in [5.41, 5.74) is 2.41. The maximum Gasteiger partial charge on any atom is 0.347 e. The average Bonchev–Trinajstić information content (AvgIpc) is 2.82. The van der Waals surface area contributed by atoms with E-state index in [-0.39, 0.29) is 0 Å². The number of esters is 2. The molecule has 0 unspecified atom stereocenters. The summed E-state index contributed by atoms with van der Waals surface area (Å²) < 4.78 is 16.0. The van der Waals surface area contributed by atoms with Crippen LogP contribution in [0, 0.1) is 0 Å². The lowest BCUT2D eigenvalue weighted by Gasteiger charge is -2.12. The van der Waals surface area contributed by atoms with Gasteiger partial charge in [-0.2, -0.15) is 0 Å². The van der Waals surface area contributed by atoms with Gasteiger partial charge in [-0.15, -0.1) is 0 Å². The Balaban J connectivity index is 1.82. The summed E-state index contributed by atoms with van der Waals surface area (Å²) in [4.78, 5) is 24.0. The molecule has 174 valence electrons. The zero-order valence-electron chi connectivity index (χ0n) is 19.6. The highest BCUT2D eigenvalue weighted by Gasteiger charge is 2.20. The molecule has 0 fully saturated rings. The summed E-state index contributed by atoms with van der Waals surface area (Å²) in [6.07, 6.45) is 7.26. The van der Waals surface area contributed by atoms with Gasteiger partial charge in [0.15, 0.2) is 6.10 Å². The SMILES string of the molecule is CCCCCCCCOc1ccc(-c2ccc(C(=O)O[C@@H](C)C(=O)OCCC)cc2)cc1. The first-order chi connectivity index (χ1) is 15.5. The lowest BCUT2D eigenvalue weighted by atomic mass is 10.0. The second kappa shape index (κ2) is 14.3. The molecule has 0 aliphatic heterocycles. The van der Waals surface area contributed by atoms with Gasteiger partial charge in [0.2, 0.25) is 0 Å². The second-order valence-electron chi connectivity index (χ2n) is 7.93. The Hall–Kier alpha value is -2.82. The Bertz CT molecular complexity index is 811. The fraction of sp³-hybridized carbons (Fsp3) is 0.481. The number of benzene rings is 2. The van der Waals surface area contributed by atoms with Gasteiger partial charge in [0.1, 0.15) is 5.75 Å². The predicted octanol–water partition coefficient (Wildman–Crippen LogP) is 6.59. The second-order valence-corrected chi connectivity index (χ2v) is 7.93. The largest absolute Gasteiger partial charge is 0.494 e. The lowest BCUT2D eigenvalue weighted by Crippen LogP contribution is -2.26. The van der Waals surface area contributed by atoms with Crippen LogP contribution < -0.4 is 4.74 Å². The van der Waals surface area contributed by atoms with Gasteiger partial charge >= 0.3 is 11.9 Å². The van der Waals surface area contributed by atoms with Crippen molar-refractivity contribution in [2.45, 2.75) is 71.8 Å². The molecule has 0 spiro atoms. The number of rotatable bonds is 14. The van der Waals surface area contributed by atoms with E-state index in [9.17, 15) is 9.59 Å². The van der Waals surface area contributed by atoms with Crippen molar-refractivity contribution in [1.82, 2.24) is 0 Å². The van der Waals surface area contributed by atoms with E-state index >= 15 is 0 Å². The van der Waals surface area contributed by atoms with Crippen molar-refractivity contribution in [3.8, 4) is 16.9 Å². The predicted molar refractivity (Wildman–Crippen MR) is 127 cm³/mol. The van der Waals surface area contributed by atoms with E-state index in [0.717, 1.165) is 36.3 Å². The van der Waals surface area contributed by atoms with Crippen molar-refractivity contribution < 1.29 is 23.8 Å². The summed E-state index contributed by atoms with van der Waals surface area (Å²) in [6.45, 7) is 6.71. The molecule has 0 bridgehead atoms. The van der Waals surface area contributed by atoms with Gasteiger partial charge in [-0.25, -0.2) is 9.59 Å². The molecular weight excluding hydrogens is 404 g/mol. The summed E-state index contributed by atoms with van der Waals surface area (Å²) >= 11 is 0. The van der Waals surface area contributed by atoms with Crippen LogP contribution in [0.3, 0.4) is 0 Å². The van der Waals surface area contributed by atoms with Gasteiger partial charge < -0.3 is 14.2 Å². The topological polar surface area (TPSA) is 61.8 Å². The van der Waals surface area contributed by atoms with Crippen LogP contribution in [-0.2, 0) is 14.3 Å². The first-order valence-electron chi connectivity index (χ1n) is 11.8. The van der Waals surface area contributed by atoms with Crippen molar-refractivity contribution in [2.75, 3.05) is 13.2 Å². The maximum atomic E-state index is 12.3. The average molecular weight is 441 g/mol. The Labute approximate surface area is 192 Å². The molecule has 2 aromatic carbocycles. The van der Waals surface area contributed by atoms with E-state index in [4.69, 9.17) is 14.2 Å². The molecule has 0 saturated carbocycles. The standard InChI is InChI=1S/C27H36O5/c1-4-6-7-8-9-10-20-30-25-17-15-23(16-18-25)22-11-13-24(14-12-22)27(29)32-21(3)26(28)31-19-5-2/h11-18,21H,4-10,19-20H2,1-3H3/t21-/m0/s1. The molecule has 0 N–H and O–H groups in total. The Morgan fingerprint density at radius 1 is 0.750 bits per heavy atom. The molecule has 0 heterocycles. The third kappa shape index (κ3) is 8.74. The number of hydrogen-bond acceptors (Lipinski definition) is 5. The molecule has 0 aliphatic rings.